The predicted octanol–water partition coefficient (Wildman–Crippen LogP) is 3.21. The molecule has 2 rings (SSSR count). The van der Waals surface area contributed by atoms with Crippen molar-refractivity contribution in [2.75, 3.05) is 26.2 Å². The maximum atomic E-state index is 11.8. The van der Waals surface area contributed by atoms with Gasteiger partial charge in [0.2, 0.25) is 0 Å². The quantitative estimate of drug-likeness (QED) is 0.616. The Morgan fingerprint density at radius 1 is 0.700 bits per heavy atom. The molecule has 0 radical (unpaired) electrons. The van der Waals surface area contributed by atoms with Gasteiger partial charge in [-0.3, -0.25) is 0 Å². The van der Waals surface area contributed by atoms with Crippen molar-refractivity contribution >= 4 is 12.2 Å². The van der Waals surface area contributed by atoms with E-state index in [1.165, 1.54) is 0 Å². The first-order valence-electron chi connectivity index (χ1n) is 11.0. The van der Waals surface area contributed by atoms with Crippen molar-refractivity contribution in [2.24, 2.45) is 0 Å². The zero-order valence-corrected chi connectivity index (χ0v) is 20.7. The summed E-state index contributed by atoms with van der Waals surface area (Å²) in [4.78, 5) is 27.3. The molecule has 30 heavy (non-hydrogen) atoms. The summed E-state index contributed by atoms with van der Waals surface area (Å²) in [5.41, 5.74) is -0.824. The number of nitrogens with zero attached hydrogens (tertiary/aromatic N) is 2. The molecule has 8 heteroatoms. The van der Waals surface area contributed by atoms with Gasteiger partial charge in [-0.25, -0.2) is 9.59 Å². The van der Waals surface area contributed by atoms with Crippen LogP contribution < -0.4 is 10.6 Å². The van der Waals surface area contributed by atoms with Crippen LogP contribution in [0.2, 0.25) is 0 Å². The highest BCUT2D eigenvalue weighted by atomic mass is 16.6. The number of hydrogen-bond donors (Lipinski definition) is 2. The van der Waals surface area contributed by atoms with Gasteiger partial charge in [0.15, 0.2) is 0 Å². The van der Waals surface area contributed by atoms with Gasteiger partial charge in [-0.15, -0.1) is 0 Å². The summed E-state index contributed by atoms with van der Waals surface area (Å²) >= 11 is 0. The Bertz CT molecular complexity index is 520. The molecule has 8 nitrogen and oxygen atoms in total. The zero-order chi connectivity index (χ0) is 23.3. The largest absolute Gasteiger partial charge is 0.444 e. The Hall–Kier alpha value is -1.54. The molecule has 2 amide bonds. The first-order chi connectivity index (χ1) is 13.6. The summed E-state index contributed by atoms with van der Waals surface area (Å²) in [5.74, 6) is 0. The predicted molar refractivity (Wildman–Crippen MR) is 120 cm³/mol. The fourth-order valence-electron chi connectivity index (χ4n) is 3.19. The Kier molecular flexibility index (Phi) is 9.42. The summed E-state index contributed by atoms with van der Waals surface area (Å²) in [6.45, 7) is 22.7. The second-order valence-electron chi connectivity index (χ2n) is 10.6. The normalized spacial score (nSPS) is 27.7. The molecule has 0 bridgehead atoms. The van der Waals surface area contributed by atoms with E-state index in [0.29, 0.717) is 12.1 Å². The highest BCUT2D eigenvalue weighted by molar-refractivity contribution is 5.69. The van der Waals surface area contributed by atoms with Crippen LogP contribution in [-0.2, 0) is 9.47 Å². The lowest BCUT2D eigenvalue weighted by Crippen LogP contribution is -2.57. The molecule has 2 fully saturated rings. The van der Waals surface area contributed by atoms with Gasteiger partial charge in [-0.1, -0.05) is 0 Å². The van der Waals surface area contributed by atoms with Crippen LogP contribution in [-0.4, -0.2) is 83.5 Å². The van der Waals surface area contributed by atoms with Crippen LogP contribution in [0.5, 0.6) is 0 Å². The minimum Gasteiger partial charge on any atom is -0.444 e. The Morgan fingerprint density at radius 3 is 1.27 bits per heavy atom. The van der Waals surface area contributed by atoms with Gasteiger partial charge in [-0.2, -0.15) is 0 Å². The number of carbonyl (C=O) groups excluding carboxylic acids is 2. The minimum atomic E-state index is -0.412. The summed E-state index contributed by atoms with van der Waals surface area (Å²) in [6.07, 6.45) is -0.410. The van der Waals surface area contributed by atoms with Gasteiger partial charge in [0.1, 0.15) is 11.2 Å². The standard InChI is InChI=1S/2C11H22N2O2/c2*1-8-7-13(9(2)6-12-8)10(14)15-11(3,4)5/h2*8-9,12H,6-7H2,1-5H3/t2*8-,9+/m10/s1. The number of amides is 2. The maximum absolute atomic E-state index is 11.8. The van der Waals surface area contributed by atoms with Crippen molar-refractivity contribution in [3.63, 3.8) is 0 Å². The molecule has 2 aliphatic rings. The molecular formula is C22H44N4O4. The fourth-order valence-corrected chi connectivity index (χ4v) is 3.19. The Labute approximate surface area is 183 Å². The van der Waals surface area contributed by atoms with Crippen molar-refractivity contribution < 1.29 is 19.1 Å². The summed E-state index contributed by atoms with van der Waals surface area (Å²) in [6, 6.07) is 1.09. The highest BCUT2D eigenvalue weighted by Crippen LogP contribution is 2.15. The lowest BCUT2D eigenvalue weighted by molar-refractivity contribution is 0.00946. The number of rotatable bonds is 0. The number of carbonyl (C=O) groups is 2. The molecular weight excluding hydrogens is 384 g/mol. The zero-order valence-electron chi connectivity index (χ0n) is 20.7. The molecule has 2 aliphatic heterocycles. The highest BCUT2D eigenvalue weighted by Gasteiger charge is 2.31. The maximum Gasteiger partial charge on any atom is 0.410 e. The van der Waals surface area contributed by atoms with E-state index in [9.17, 15) is 9.59 Å². The van der Waals surface area contributed by atoms with E-state index in [2.05, 4.69) is 24.5 Å². The third kappa shape index (κ3) is 9.51. The topological polar surface area (TPSA) is 83.1 Å². The van der Waals surface area contributed by atoms with E-state index < -0.39 is 11.2 Å². The van der Waals surface area contributed by atoms with Crippen molar-refractivity contribution in [1.29, 1.82) is 0 Å². The lowest BCUT2D eigenvalue weighted by atomic mass is 10.1. The summed E-state index contributed by atoms with van der Waals surface area (Å²) < 4.78 is 10.7. The van der Waals surface area contributed by atoms with Crippen LogP contribution in [0.3, 0.4) is 0 Å². The third-order valence-electron chi connectivity index (χ3n) is 4.78. The van der Waals surface area contributed by atoms with Gasteiger partial charge in [0, 0.05) is 50.3 Å². The molecule has 0 aromatic carbocycles. The van der Waals surface area contributed by atoms with Crippen molar-refractivity contribution in [3.8, 4) is 0 Å². The second kappa shape index (κ2) is 10.7. The van der Waals surface area contributed by atoms with Crippen LogP contribution >= 0.6 is 0 Å². The Balaban J connectivity index is 0.000000300. The second-order valence-corrected chi connectivity index (χ2v) is 10.6. The Morgan fingerprint density at radius 2 is 1.00 bits per heavy atom. The average molecular weight is 429 g/mol. The van der Waals surface area contributed by atoms with Crippen molar-refractivity contribution in [2.45, 2.75) is 105 Å². The van der Waals surface area contributed by atoms with Gasteiger partial charge in [-0.05, 0) is 69.2 Å². The monoisotopic (exact) mass is 428 g/mol. The molecule has 4 atom stereocenters. The van der Waals surface area contributed by atoms with Gasteiger partial charge < -0.3 is 29.9 Å². The minimum absolute atomic E-state index is 0.205. The van der Waals surface area contributed by atoms with Crippen LogP contribution in [0.1, 0.15) is 69.2 Å². The van der Waals surface area contributed by atoms with Crippen molar-refractivity contribution in [1.82, 2.24) is 20.4 Å². The number of piperazine rings is 2. The smallest absolute Gasteiger partial charge is 0.410 e. The fraction of sp³-hybridized carbons (Fsp3) is 0.909. The number of ether oxygens (including phenoxy) is 2. The molecule has 0 aromatic rings. The number of hydrogen-bond acceptors (Lipinski definition) is 6. The van der Waals surface area contributed by atoms with Crippen LogP contribution in [0.4, 0.5) is 9.59 Å². The van der Waals surface area contributed by atoms with E-state index in [-0.39, 0.29) is 24.3 Å². The molecule has 0 saturated carbocycles. The lowest BCUT2D eigenvalue weighted by Gasteiger charge is -2.38. The molecule has 2 heterocycles. The first-order valence-corrected chi connectivity index (χ1v) is 11.0. The SMILES string of the molecule is C[C@@H]1CN(C(=O)OC(C)(C)C)[C@@H](C)CN1.C[C@@H]1CN[C@@H](C)CN1C(=O)OC(C)(C)C. The summed E-state index contributed by atoms with van der Waals surface area (Å²) in [5, 5.41) is 6.66. The van der Waals surface area contributed by atoms with Crippen molar-refractivity contribution in [3.05, 3.63) is 0 Å². The summed E-state index contributed by atoms with van der Waals surface area (Å²) in [7, 11) is 0. The molecule has 0 unspecified atom stereocenters. The van der Waals surface area contributed by atoms with E-state index in [1.807, 2.05) is 55.4 Å². The van der Waals surface area contributed by atoms with Gasteiger partial charge in [0.25, 0.3) is 0 Å². The van der Waals surface area contributed by atoms with Gasteiger partial charge >= 0.3 is 12.2 Å². The molecule has 0 spiro atoms. The van der Waals surface area contributed by atoms with E-state index in [0.717, 1.165) is 26.2 Å². The molecule has 176 valence electrons. The molecule has 0 aliphatic carbocycles. The van der Waals surface area contributed by atoms with E-state index >= 15 is 0 Å². The molecule has 2 N–H and O–H groups in total. The first kappa shape index (κ1) is 26.5. The van der Waals surface area contributed by atoms with E-state index in [1.54, 1.807) is 9.80 Å². The van der Waals surface area contributed by atoms with Crippen LogP contribution in [0.15, 0.2) is 0 Å². The van der Waals surface area contributed by atoms with E-state index in [4.69, 9.17) is 9.47 Å². The van der Waals surface area contributed by atoms with Gasteiger partial charge in [0.05, 0.1) is 0 Å². The van der Waals surface area contributed by atoms with Crippen LogP contribution in [0.25, 0.3) is 0 Å². The van der Waals surface area contributed by atoms with Crippen LogP contribution in [0, 0.1) is 0 Å². The third-order valence-corrected chi connectivity index (χ3v) is 4.78. The molecule has 0 aromatic heterocycles. The molecule has 2 saturated heterocycles. The average Bonchev–Trinajstić information content (AvgIpc) is 2.56. The number of nitrogens with one attached hydrogen (secondary N) is 2.